The van der Waals surface area contributed by atoms with Crippen LogP contribution in [0, 0.1) is 0 Å². The molecule has 1 aliphatic rings. The fourth-order valence-electron chi connectivity index (χ4n) is 4.14. The molecule has 0 radical (unpaired) electrons. The van der Waals surface area contributed by atoms with E-state index in [0.717, 1.165) is 28.5 Å². The second-order valence-corrected chi connectivity index (χ2v) is 8.38. The van der Waals surface area contributed by atoms with Gasteiger partial charge in [-0.3, -0.25) is 4.79 Å². The van der Waals surface area contributed by atoms with Gasteiger partial charge in [-0.25, -0.2) is 9.59 Å². The SMILES string of the molecule is COCC(C)(NC(=O)c1conc1CNC(=O)OCC1c2ccccc2-c2ccccc21)C(=O)O. The smallest absolute Gasteiger partial charge is 0.407 e. The van der Waals surface area contributed by atoms with E-state index in [-0.39, 0.29) is 36.9 Å². The minimum absolute atomic E-state index is 0.00692. The maximum Gasteiger partial charge on any atom is 0.407 e. The summed E-state index contributed by atoms with van der Waals surface area (Å²) in [6.45, 7) is 1.07. The largest absolute Gasteiger partial charge is 0.479 e. The molecule has 1 atom stereocenters. The number of fused-ring (bicyclic) bond motifs is 3. The Morgan fingerprint density at radius 1 is 1.09 bits per heavy atom. The van der Waals surface area contributed by atoms with E-state index in [1.807, 2.05) is 48.5 Å². The summed E-state index contributed by atoms with van der Waals surface area (Å²) in [4.78, 5) is 36.6. The fourth-order valence-corrected chi connectivity index (χ4v) is 4.14. The molecule has 0 aliphatic heterocycles. The highest BCUT2D eigenvalue weighted by molar-refractivity contribution is 5.98. The number of carbonyl (C=O) groups is 3. The standard InChI is InChI=1S/C25H25N3O7/c1-25(14-33-2,23(30)31)27-22(29)20-13-35-28-21(20)11-26-24(32)34-12-19-17-9-5-3-7-15(17)16-8-4-6-10-18(16)19/h3-10,13,19H,11-12,14H2,1-2H3,(H,26,32)(H,27,29)(H,30,31). The van der Waals surface area contributed by atoms with Crippen LogP contribution in [0.15, 0.2) is 59.3 Å². The lowest BCUT2D eigenvalue weighted by atomic mass is 9.98. The van der Waals surface area contributed by atoms with E-state index >= 15 is 0 Å². The second-order valence-electron chi connectivity index (χ2n) is 8.38. The molecule has 1 heterocycles. The molecule has 3 aromatic rings. The number of benzene rings is 2. The molecule has 1 aliphatic carbocycles. The van der Waals surface area contributed by atoms with Crippen LogP contribution in [0.25, 0.3) is 11.1 Å². The van der Waals surface area contributed by atoms with E-state index in [9.17, 15) is 19.5 Å². The number of carboxylic acids is 1. The van der Waals surface area contributed by atoms with E-state index in [0.29, 0.717) is 0 Å². The quantitative estimate of drug-likeness (QED) is 0.426. The van der Waals surface area contributed by atoms with Crippen LogP contribution in [0.3, 0.4) is 0 Å². The van der Waals surface area contributed by atoms with Gasteiger partial charge in [-0.1, -0.05) is 53.7 Å². The zero-order valence-electron chi connectivity index (χ0n) is 19.2. The first-order chi connectivity index (χ1) is 16.8. The maximum atomic E-state index is 12.6. The van der Waals surface area contributed by atoms with Crippen LogP contribution in [-0.4, -0.2) is 54.1 Å². The first kappa shape index (κ1) is 24.0. The molecule has 2 amide bonds. The summed E-state index contributed by atoms with van der Waals surface area (Å²) in [5.41, 5.74) is 2.90. The first-order valence-corrected chi connectivity index (χ1v) is 10.9. The minimum Gasteiger partial charge on any atom is -0.479 e. The normalized spacial score (nSPS) is 13.9. The van der Waals surface area contributed by atoms with Crippen LogP contribution >= 0.6 is 0 Å². The number of hydrogen-bond donors (Lipinski definition) is 3. The van der Waals surface area contributed by atoms with E-state index in [4.69, 9.17) is 14.0 Å². The molecule has 35 heavy (non-hydrogen) atoms. The van der Waals surface area contributed by atoms with Gasteiger partial charge >= 0.3 is 12.1 Å². The van der Waals surface area contributed by atoms with E-state index < -0.39 is 23.5 Å². The third kappa shape index (κ3) is 4.87. The van der Waals surface area contributed by atoms with Gasteiger partial charge in [-0.15, -0.1) is 0 Å². The first-order valence-electron chi connectivity index (χ1n) is 10.9. The number of ether oxygens (including phenoxy) is 2. The summed E-state index contributed by atoms with van der Waals surface area (Å²) in [6, 6.07) is 16.0. The van der Waals surface area contributed by atoms with Crippen molar-refractivity contribution in [1.82, 2.24) is 15.8 Å². The maximum absolute atomic E-state index is 12.6. The molecule has 2 aromatic carbocycles. The number of rotatable bonds is 9. The molecule has 4 rings (SSSR count). The van der Waals surface area contributed by atoms with E-state index in [2.05, 4.69) is 15.8 Å². The Bertz CT molecular complexity index is 1210. The van der Waals surface area contributed by atoms with Crippen molar-refractivity contribution in [2.45, 2.75) is 24.9 Å². The average molecular weight is 479 g/mol. The van der Waals surface area contributed by atoms with E-state index in [1.165, 1.54) is 14.0 Å². The molecule has 3 N–H and O–H groups in total. The molecule has 1 aromatic heterocycles. The predicted octanol–water partition coefficient (Wildman–Crippen LogP) is 2.93. The summed E-state index contributed by atoms with van der Waals surface area (Å²) in [5, 5.41) is 18.1. The predicted molar refractivity (Wildman–Crippen MR) is 124 cm³/mol. The van der Waals surface area contributed by atoms with Crippen LogP contribution in [0.5, 0.6) is 0 Å². The third-order valence-corrected chi connectivity index (χ3v) is 5.93. The van der Waals surface area contributed by atoms with Gasteiger partial charge in [-0.05, 0) is 29.2 Å². The summed E-state index contributed by atoms with van der Waals surface area (Å²) in [6.07, 6.45) is 0.398. The van der Waals surface area contributed by atoms with Crippen molar-refractivity contribution in [1.29, 1.82) is 0 Å². The molecule has 0 bridgehead atoms. The number of carbonyl (C=O) groups excluding carboxylic acids is 2. The molecule has 182 valence electrons. The highest BCUT2D eigenvalue weighted by Gasteiger charge is 2.36. The highest BCUT2D eigenvalue weighted by Crippen LogP contribution is 2.44. The van der Waals surface area contributed by atoms with Gasteiger partial charge in [0.1, 0.15) is 24.1 Å². The van der Waals surface area contributed by atoms with Gasteiger partial charge in [0, 0.05) is 13.0 Å². The molecule has 0 spiro atoms. The zero-order valence-corrected chi connectivity index (χ0v) is 19.2. The van der Waals surface area contributed by atoms with Crippen LogP contribution in [0.1, 0.15) is 40.0 Å². The Morgan fingerprint density at radius 3 is 2.31 bits per heavy atom. The van der Waals surface area contributed by atoms with Gasteiger partial charge < -0.3 is 29.7 Å². The molecule has 10 nitrogen and oxygen atoms in total. The number of methoxy groups -OCH3 is 1. The number of nitrogens with one attached hydrogen (secondary N) is 2. The van der Waals surface area contributed by atoms with Crippen LogP contribution in [0.2, 0.25) is 0 Å². The number of aliphatic carboxylic acids is 1. The summed E-state index contributed by atoms with van der Waals surface area (Å²) >= 11 is 0. The number of nitrogens with zero attached hydrogens (tertiary/aromatic N) is 1. The molecular weight excluding hydrogens is 454 g/mol. The number of amides is 2. The lowest BCUT2D eigenvalue weighted by Gasteiger charge is -2.25. The summed E-state index contributed by atoms with van der Waals surface area (Å²) in [5.74, 6) is -2.07. The number of carboxylic acid groups (broad SMARTS) is 1. The number of hydrogen-bond acceptors (Lipinski definition) is 7. The second kappa shape index (κ2) is 9.98. The molecule has 0 fully saturated rings. The Hall–Kier alpha value is -4.18. The minimum atomic E-state index is -1.65. The third-order valence-electron chi connectivity index (χ3n) is 5.93. The number of aromatic nitrogens is 1. The highest BCUT2D eigenvalue weighted by atomic mass is 16.5. The molecular formula is C25H25N3O7. The Balaban J connectivity index is 1.37. The van der Waals surface area contributed by atoms with Crippen molar-refractivity contribution < 1.29 is 33.5 Å². The van der Waals surface area contributed by atoms with Crippen molar-refractivity contribution in [3.63, 3.8) is 0 Å². The lowest BCUT2D eigenvalue weighted by Crippen LogP contribution is -2.55. The van der Waals surface area contributed by atoms with Gasteiger partial charge in [0.05, 0.1) is 13.2 Å². The van der Waals surface area contributed by atoms with Gasteiger partial charge in [-0.2, -0.15) is 0 Å². The molecule has 1 unspecified atom stereocenters. The van der Waals surface area contributed by atoms with Gasteiger partial charge in [0.15, 0.2) is 5.54 Å². The fraction of sp³-hybridized carbons (Fsp3) is 0.280. The lowest BCUT2D eigenvalue weighted by molar-refractivity contribution is -0.145. The average Bonchev–Trinajstić information content (AvgIpc) is 3.44. The van der Waals surface area contributed by atoms with Crippen molar-refractivity contribution >= 4 is 18.0 Å². The zero-order chi connectivity index (χ0) is 25.0. The molecule has 0 saturated carbocycles. The van der Waals surface area contributed by atoms with Crippen LogP contribution in [-0.2, 0) is 20.8 Å². The van der Waals surface area contributed by atoms with Crippen molar-refractivity contribution in [2.75, 3.05) is 20.3 Å². The molecule has 0 saturated heterocycles. The molecule has 10 heteroatoms. The van der Waals surface area contributed by atoms with Crippen molar-refractivity contribution in [3.8, 4) is 11.1 Å². The summed E-state index contributed by atoms with van der Waals surface area (Å²) < 4.78 is 15.3. The van der Waals surface area contributed by atoms with E-state index in [1.54, 1.807) is 0 Å². The van der Waals surface area contributed by atoms with Crippen LogP contribution < -0.4 is 10.6 Å². The van der Waals surface area contributed by atoms with Crippen LogP contribution in [0.4, 0.5) is 4.79 Å². The van der Waals surface area contributed by atoms with Gasteiger partial charge in [0.25, 0.3) is 5.91 Å². The van der Waals surface area contributed by atoms with Crippen molar-refractivity contribution in [3.05, 3.63) is 77.2 Å². The van der Waals surface area contributed by atoms with Crippen molar-refractivity contribution in [2.24, 2.45) is 0 Å². The van der Waals surface area contributed by atoms with Gasteiger partial charge in [0.2, 0.25) is 0 Å². The topological polar surface area (TPSA) is 140 Å². The Morgan fingerprint density at radius 2 is 1.71 bits per heavy atom. The summed E-state index contributed by atoms with van der Waals surface area (Å²) in [7, 11) is 1.33. The Kier molecular flexibility index (Phi) is 6.83. The Labute approximate surface area is 201 Å². The number of alkyl carbamates (subject to hydrolysis) is 1. The monoisotopic (exact) mass is 479 g/mol.